The van der Waals surface area contributed by atoms with Crippen molar-refractivity contribution in [1.82, 2.24) is 4.90 Å². The summed E-state index contributed by atoms with van der Waals surface area (Å²) in [6.45, 7) is 1.09. The fourth-order valence-corrected chi connectivity index (χ4v) is 5.76. The van der Waals surface area contributed by atoms with E-state index in [4.69, 9.17) is 4.74 Å². The van der Waals surface area contributed by atoms with E-state index in [1.807, 2.05) is 0 Å². The highest BCUT2D eigenvalue weighted by Gasteiger charge is 2.46. The average Bonchev–Trinajstić information content (AvgIpc) is 2.87. The number of carbonyl (C=O) groups is 1. The van der Waals surface area contributed by atoms with E-state index in [0.29, 0.717) is 22.3 Å². The van der Waals surface area contributed by atoms with Gasteiger partial charge in [0, 0.05) is 40.7 Å². The number of rotatable bonds is 6. The van der Waals surface area contributed by atoms with Crippen molar-refractivity contribution in [3.8, 4) is 0 Å². The fourth-order valence-electron chi connectivity index (χ4n) is 4.72. The molecule has 0 radical (unpaired) electrons. The molecule has 2 aromatic carbocycles. The van der Waals surface area contributed by atoms with Gasteiger partial charge in [-0.3, -0.25) is 4.79 Å². The first kappa shape index (κ1) is 28.4. The fraction of sp³-hybridized carbons (Fsp3) is 0.444. The van der Waals surface area contributed by atoms with Crippen LogP contribution in [0.4, 0.5) is 32.0 Å². The molecular weight excluding hydrogens is 530 g/mol. The molecule has 2 aliphatic rings. The largest absolute Gasteiger partial charge is 0.418 e. The predicted molar refractivity (Wildman–Crippen MR) is 134 cm³/mol. The second-order valence-electron chi connectivity index (χ2n) is 9.28. The Morgan fingerprint density at radius 1 is 0.947 bits per heavy atom. The first-order valence-corrected chi connectivity index (χ1v) is 13.2. The van der Waals surface area contributed by atoms with E-state index in [1.54, 1.807) is 24.3 Å². The zero-order valence-electron chi connectivity index (χ0n) is 20.5. The maximum Gasteiger partial charge on any atom is 0.418 e. The highest BCUT2D eigenvalue weighted by Crippen LogP contribution is 2.48. The van der Waals surface area contributed by atoms with E-state index in [1.165, 1.54) is 11.3 Å². The van der Waals surface area contributed by atoms with E-state index < -0.39 is 39.8 Å². The van der Waals surface area contributed by atoms with E-state index in [0.717, 1.165) is 50.0 Å². The maximum absolute atomic E-state index is 14.2. The summed E-state index contributed by atoms with van der Waals surface area (Å²) in [5, 5.41) is 3.38. The maximum atomic E-state index is 14.2. The number of hydrogen-bond donors (Lipinski definition) is 1. The zero-order chi connectivity index (χ0) is 27.3. The van der Waals surface area contributed by atoms with Crippen LogP contribution in [0.2, 0.25) is 0 Å². The first-order chi connectivity index (χ1) is 18.0. The number of morpholine rings is 1. The summed E-state index contributed by atoms with van der Waals surface area (Å²) in [6.07, 6.45) is -3.54. The van der Waals surface area contributed by atoms with Crippen LogP contribution in [0.25, 0.3) is 6.08 Å². The van der Waals surface area contributed by atoms with Crippen molar-refractivity contribution < 1.29 is 35.9 Å². The summed E-state index contributed by atoms with van der Waals surface area (Å²) < 4.78 is 89.9. The van der Waals surface area contributed by atoms with Crippen LogP contribution in [-0.2, 0) is 21.9 Å². The van der Waals surface area contributed by atoms with Gasteiger partial charge < -0.3 is 15.0 Å². The number of ether oxygens (including phenoxy) is 1. The molecule has 1 saturated heterocycles. The van der Waals surface area contributed by atoms with Crippen LogP contribution in [-0.4, -0.2) is 43.2 Å². The van der Waals surface area contributed by atoms with Crippen LogP contribution < -0.4 is 5.32 Å². The molecule has 38 heavy (non-hydrogen) atoms. The molecule has 1 N–H and O–H groups in total. The lowest BCUT2D eigenvalue weighted by Crippen LogP contribution is -2.39. The molecule has 2 aromatic rings. The van der Waals surface area contributed by atoms with Crippen molar-refractivity contribution >= 4 is 29.4 Å². The lowest BCUT2D eigenvalue weighted by atomic mass is 9.95. The van der Waals surface area contributed by atoms with Crippen molar-refractivity contribution in [2.75, 3.05) is 31.6 Å². The zero-order valence-corrected chi connectivity index (χ0v) is 21.3. The molecule has 1 aliphatic heterocycles. The average molecular weight is 559 g/mol. The third kappa shape index (κ3) is 7.25. The number of nitrogens with zero attached hydrogens (tertiary/aromatic N) is 1. The van der Waals surface area contributed by atoms with Gasteiger partial charge in [0.2, 0.25) is 5.91 Å². The second kappa shape index (κ2) is 12.0. The van der Waals surface area contributed by atoms with Crippen LogP contribution in [0, 0.1) is 0 Å². The van der Waals surface area contributed by atoms with Gasteiger partial charge in [-0.1, -0.05) is 43.2 Å². The molecule has 4 rings (SSSR count). The summed E-state index contributed by atoms with van der Waals surface area (Å²) in [7, 11) is 0. The molecule has 0 bridgehead atoms. The number of alkyl halides is 6. The quantitative estimate of drug-likeness (QED) is 0.295. The van der Waals surface area contributed by atoms with Gasteiger partial charge in [0.1, 0.15) is 0 Å². The predicted octanol–water partition coefficient (Wildman–Crippen LogP) is 7.49. The van der Waals surface area contributed by atoms with Gasteiger partial charge in [-0.15, -0.1) is 0 Å². The Bertz CT molecular complexity index is 1150. The van der Waals surface area contributed by atoms with Gasteiger partial charge in [0.05, 0.1) is 24.3 Å². The molecule has 0 atom stereocenters. The Morgan fingerprint density at radius 3 is 2.29 bits per heavy atom. The number of amides is 1. The van der Waals surface area contributed by atoms with E-state index in [-0.39, 0.29) is 32.3 Å². The van der Waals surface area contributed by atoms with Crippen molar-refractivity contribution in [2.45, 2.75) is 60.3 Å². The molecule has 11 heteroatoms. The minimum absolute atomic E-state index is 0.257. The second-order valence-corrected chi connectivity index (χ2v) is 10.4. The molecule has 0 spiro atoms. The summed E-state index contributed by atoms with van der Waals surface area (Å²) in [5.74, 6) is -0.587. The van der Waals surface area contributed by atoms with Gasteiger partial charge >= 0.3 is 12.4 Å². The normalized spacial score (nSPS) is 17.7. The molecular formula is C27H28F6N2O2S. The topological polar surface area (TPSA) is 41.6 Å². The Labute approximate surface area is 221 Å². The number of carbonyl (C=O) groups excluding carboxylic acids is 1. The monoisotopic (exact) mass is 558 g/mol. The lowest BCUT2D eigenvalue weighted by molar-refractivity contribution is -0.163. The summed E-state index contributed by atoms with van der Waals surface area (Å²) >= 11 is 0.630. The van der Waals surface area contributed by atoms with E-state index >= 15 is 0 Å². The Kier molecular flexibility index (Phi) is 8.97. The van der Waals surface area contributed by atoms with Gasteiger partial charge in [-0.05, 0) is 48.7 Å². The van der Waals surface area contributed by atoms with Gasteiger partial charge in [-0.25, -0.2) is 0 Å². The number of benzene rings is 2. The Hall–Kier alpha value is -2.66. The first-order valence-electron chi connectivity index (χ1n) is 12.4. The van der Waals surface area contributed by atoms with Crippen molar-refractivity contribution in [3.05, 3.63) is 59.2 Å². The molecule has 0 aromatic heterocycles. The van der Waals surface area contributed by atoms with Crippen molar-refractivity contribution in [1.29, 1.82) is 0 Å². The van der Waals surface area contributed by atoms with Gasteiger partial charge in [-0.2, -0.15) is 26.3 Å². The number of anilines is 1. The number of hydrogen-bond acceptors (Lipinski definition) is 4. The minimum Gasteiger partial charge on any atom is -0.382 e. The Morgan fingerprint density at radius 2 is 1.63 bits per heavy atom. The SMILES string of the molecule is O=C(/C=C/c1ccc(Sc2cccc(NC3CCCCC3)c2)c(C(F)(F)F)c1C(F)(F)F)N1CCOCC1. The molecule has 0 unspecified atom stereocenters. The molecule has 4 nitrogen and oxygen atoms in total. The molecule has 1 saturated carbocycles. The van der Waals surface area contributed by atoms with Crippen LogP contribution >= 0.6 is 11.8 Å². The van der Waals surface area contributed by atoms with Crippen molar-refractivity contribution in [2.24, 2.45) is 0 Å². The van der Waals surface area contributed by atoms with Crippen LogP contribution in [0.3, 0.4) is 0 Å². The summed E-state index contributed by atoms with van der Waals surface area (Å²) in [5.41, 5.74) is -3.57. The third-order valence-corrected chi connectivity index (χ3v) is 7.58. The number of halogens is 6. The van der Waals surface area contributed by atoms with Crippen LogP contribution in [0.5, 0.6) is 0 Å². The van der Waals surface area contributed by atoms with Gasteiger partial charge in [0.15, 0.2) is 0 Å². The third-order valence-electron chi connectivity index (χ3n) is 6.53. The molecule has 1 amide bonds. The highest BCUT2D eigenvalue weighted by atomic mass is 32.2. The summed E-state index contributed by atoms with van der Waals surface area (Å²) in [4.78, 5) is 13.6. The Balaban J connectivity index is 1.66. The minimum atomic E-state index is -5.30. The molecule has 1 heterocycles. The molecule has 206 valence electrons. The van der Waals surface area contributed by atoms with Gasteiger partial charge in [0.25, 0.3) is 0 Å². The van der Waals surface area contributed by atoms with Crippen molar-refractivity contribution in [3.63, 3.8) is 0 Å². The number of nitrogens with one attached hydrogen (secondary N) is 1. The standard InChI is InChI=1S/C27H28F6N2O2S/c28-26(29,30)24-18(10-12-23(36)35-13-15-37-16-14-35)9-11-22(25(24)27(31,32)33)38-21-8-4-7-20(17-21)34-19-5-2-1-3-6-19/h4,7-12,17,19,34H,1-3,5-6,13-16H2/b12-10+. The lowest BCUT2D eigenvalue weighted by Gasteiger charge is -2.25. The van der Waals surface area contributed by atoms with Crippen LogP contribution in [0.1, 0.15) is 48.8 Å². The molecule has 1 aliphatic carbocycles. The smallest absolute Gasteiger partial charge is 0.382 e. The van der Waals surface area contributed by atoms with Crippen LogP contribution in [0.15, 0.2) is 52.3 Å². The highest BCUT2D eigenvalue weighted by molar-refractivity contribution is 7.99. The van der Waals surface area contributed by atoms with E-state index in [9.17, 15) is 31.1 Å². The molecule has 2 fully saturated rings. The van der Waals surface area contributed by atoms with E-state index in [2.05, 4.69) is 5.32 Å². The summed E-state index contributed by atoms with van der Waals surface area (Å²) in [6, 6.07) is 8.96.